The number of carbonyl (C=O) groups is 1. The minimum Gasteiger partial charge on any atom is -0.370 e. The molecule has 0 bridgehead atoms. The van der Waals surface area contributed by atoms with Gasteiger partial charge in [0.15, 0.2) is 0 Å². The molecule has 1 amide bonds. The standard InChI is InChI=1S/C17H24ClN3O.2ClH/c1-12(13-10-19-11-13)17(22)20-15-9-14(18)5-6-16(15)21-7-3-2-4-8-21;;/h5-6,9,12-13,19H,2-4,7-8,10-11H2,1H3,(H,20,22);2*1H. The Morgan fingerprint density at radius 2 is 1.92 bits per heavy atom. The zero-order valence-corrected chi connectivity index (χ0v) is 16.3. The monoisotopic (exact) mass is 393 g/mol. The predicted molar refractivity (Wildman–Crippen MR) is 106 cm³/mol. The Morgan fingerprint density at radius 3 is 2.50 bits per heavy atom. The summed E-state index contributed by atoms with van der Waals surface area (Å²) in [5, 5.41) is 6.99. The fraction of sp³-hybridized carbons (Fsp3) is 0.588. The summed E-state index contributed by atoms with van der Waals surface area (Å²) in [6.45, 7) is 5.97. The highest BCUT2D eigenvalue weighted by molar-refractivity contribution is 6.31. The quantitative estimate of drug-likeness (QED) is 0.812. The second-order valence-corrected chi connectivity index (χ2v) is 6.84. The van der Waals surface area contributed by atoms with Crippen molar-refractivity contribution in [2.24, 2.45) is 11.8 Å². The number of hydrogen-bond acceptors (Lipinski definition) is 3. The van der Waals surface area contributed by atoms with Crippen molar-refractivity contribution in [2.75, 3.05) is 36.4 Å². The maximum atomic E-state index is 12.5. The van der Waals surface area contributed by atoms with Crippen LogP contribution in [0.3, 0.4) is 0 Å². The number of nitrogens with zero attached hydrogens (tertiary/aromatic N) is 1. The van der Waals surface area contributed by atoms with E-state index in [0.717, 1.165) is 37.6 Å². The molecule has 0 aliphatic carbocycles. The molecule has 1 unspecified atom stereocenters. The van der Waals surface area contributed by atoms with Crippen LogP contribution in [0, 0.1) is 11.8 Å². The van der Waals surface area contributed by atoms with Crippen molar-refractivity contribution in [1.29, 1.82) is 0 Å². The van der Waals surface area contributed by atoms with Crippen molar-refractivity contribution < 1.29 is 4.79 Å². The van der Waals surface area contributed by atoms with E-state index in [4.69, 9.17) is 11.6 Å². The fourth-order valence-corrected chi connectivity index (χ4v) is 3.32. The van der Waals surface area contributed by atoms with Gasteiger partial charge in [0.05, 0.1) is 11.4 Å². The first-order chi connectivity index (χ1) is 10.6. The molecule has 0 radical (unpaired) electrons. The molecule has 2 aliphatic heterocycles. The number of halogens is 3. The lowest BCUT2D eigenvalue weighted by atomic mass is 9.88. The summed E-state index contributed by atoms with van der Waals surface area (Å²) in [4.78, 5) is 14.8. The highest BCUT2D eigenvalue weighted by atomic mass is 35.5. The Bertz CT molecular complexity index is 546. The molecule has 0 aromatic heterocycles. The predicted octanol–water partition coefficient (Wildman–Crippen LogP) is 3.97. The van der Waals surface area contributed by atoms with Crippen LogP contribution in [0.1, 0.15) is 26.2 Å². The zero-order chi connectivity index (χ0) is 15.5. The van der Waals surface area contributed by atoms with Gasteiger partial charge in [-0.3, -0.25) is 4.79 Å². The van der Waals surface area contributed by atoms with E-state index in [1.165, 1.54) is 19.3 Å². The van der Waals surface area contributed by atoms with Gasteiger partial charge in [0.2, 0.25) is 5.91 Å². The molecule has 0 saturated carbocycles. The molecular formula is C17H26Cl3N3O. The number of rotatable bonds is 4. The molecular weight excluding hydrogens is 369 g/mol. The molecule has 7 heteroatoms. The van der Waals surface area contributed by atoms with E-state index in [0.29, 0.717) is 10.9 Å². The summed E-state index contributed by atoms with van der Waals surface area (Å²) in [7, 11) is 0. The van der Waals surface area contributed by atoms with Gasteiger partial charge >= 0.3 is 0 Å². The maximum Gasteiger partial charge on any atom is 0.227 e. The second kappa shape index (κ2) is 9.71. The Balaban J connectivity index is 0.00000144. The third-order valence-electron chi connectivity index (χ3n) is 4.85. The van der Waals surface area contributed by atoms with E-state index in [1.54, 1.807) is 0 Å². The van der Waals surface area contributed by atoms with Gasteiger partial charge in [0, 0.05) is 24.0 Å². The summed E-state index contributed by atoms with van der Waals surface area (Å²) < 4.78 is 0. The number of piperidine rings is 1. The molecule has 2 fully saturated rings. The van der Waals surface area contributed by atoms with Crippen LogP contribution < -0.4 is 15.5 Å². The lowest BCUT2D eigenvalue weighted by Gasteiger charge is -2.33. The Labute approximate surface area is 161 Å². The summed E-state index contributed by atoms with van der Waals surface area (Å²) in [6, 6.07) is 5.80. The van der Waals surface area contributed by atoms with Gasteiger partial charge < -0.3 is 15.5 Å². The van der Waals surface area contributed by atoms with Crippen LogP contribution in [0.5, 0.6) is 0 Å². The van der Waals surface area contributed by atoms with Crippen LogP contribution in [0.2, 0.25) is 5.02 Å². The van der Waals surface area contributed by atoms with Crippen molar-refractivity contribution >= 4 is 53.7 Å². The molecule has 1 atom stereocenters. The van der Waals surface area contributed by atoms with Gasteiger partial charge in [0.25, 0.3) is 0 Å². The van der Waals surface area contributed by atoms with E-state index in [2.05, 4.69) is 15.5 Å². The zero-order valence-electron chi connectivity index (χ0n) is 13.9. The Hall–Kier alpha value is -0.680. The molecule has 4 nitrogen and oxygen atoms in total. The van der Waals surface area contributed by atoms with E-state index in [-0.39, 0.29) is 36.6 Å². The van der Waals surface area contributed by atoms with E-state index < -0.39 is 0 Å². The summed E-state index contributed by atoms with van der Waals surface area (Å²) in [5.41, 5.74) is 1.94. The van der Waals surface area contributed by atoms with Crippen LogP contribution in [-0.2, 0) is 4.79 Å². The molecule has 0 spiro atoms. The molecule has 1 aromatic carbocycles. The minimum atomic E-state index is 0. The number of anilines is 2. The van der Waals surface area contributed by atoms with Crippen molar-refractivity contribution in [2.45, 2.75) is 26.2 Å². The van der Waals surface area contributed by atoms with Crippen LogP contribution >= 0.6 is 36.4 Å². The maximum absolute atomic E-state index is 12.5. The smallest absolute Gasteiger partial charge is 0.227 e. The normalized spacial score (nSPS) is 18.7. The van der Waals surface area contributed by atoms with E-state index >= 15 is 0 Å². The number of carbonyl (C=O) groups excluding carboxylic acids is 1. The largest absolute Gasteiger partial charge is 0.370 e. The molecule has 1 aromatic rings. The highest BCUT2D eigenvalue weighted by Crippen LogP contribution is 2.32. The van der Waals surface area contributed by atoms with Gasteiger partial charge in [-0.15, -0.1) is 24.8 Å². The Morgan fingerprint density at radius 1 is 1.25 bits per heavy atom. The third kappa shape index (κ3) is 4.92. The van der Waals surface area contributed by atoms with E-state index in [9.17, 15) is 4.79 Å². The number of hydrogen-bond donors (Lipinski definition) is 2. The second-order valence-electron chi connectivity index (χ2n) is 6.41. The lowest BCUT2D eigenvalue weighted by Crippen LogP contribution is -2.48. The van der Waals surface area contributed by atoms with Crippen LogP contribution in [0.4, 0.5) is 11.4 Å². The number of benzene rings is 1. The van der Waals surface area contributed by atoms with Crippen LogP contribution in [0.25, 0.3) is 0 Å². The van der Waals surface area contributed by atoms with Gasteiger partial charge in [-0.25, -0.2) is 0 Å². The molecule has 2 saturated heterocycles. The first-order valence-corrected chi connectivity index (χ1v) is 8.59. The van der Waals surface area contributed by atoms with Crippen LogP contribution in [-0.4, -0.2) is 32.1 Å². The molecule has 136 valence electrons. The molecule has 2 N–H and O–H groups in total. The molecule has 2 aliphatic rings. The van der Waals surface area contributed by atoms with Gasteiger partial charge in [0.1, 0.15) is 0 Å². The Kier molecular flexibility index (Phi) is 8.65. The molecule has 2 heterocycles. The summed E-state index contributed by atoms with van der Waals surface area (Å²) >= 11 is 6.14. The van der Waals surface area contributed by atoms with Crippen molar-refractivity contribution in [3.8, 4) is 0 Å². The average molecular weight is 395 g/mol. The van der Waals surface area contributed by atoms with Crippen molar-refractivity contribution in [3.05, 3.63) is 23.2 Å². The van der Waals surface area contributed by atoms with Gasteiger partial charge in [-0.2, -0.15) is 0 Å². The lowest BCUT2D eigenvalue weighted by molar-refractivity contribution is -0.121. The number of nitrogens with one attached hydrogen (secondary N) is 2. The molecule has 24 heavy (non-hydrogen) atoms. The molecule has 3 rings (SSSR count). The average Bonchev–Trinajstić information content (AvgIpc) is 2.46. The first-order valence-electron chi connectivity index (χ1n) is 8.21. The number of amides is 1. The minimum absolute atomic E-state index is 0. The van der Waals surface area contributed by atoms with Crippen LogP contribution in [0.15, 0.2) is 18.2 Å². The first kappa shape index (κ1) is 21.4. The van der Waals surface area contributed by atoms with Crippen molar-refractivity contribution in [1.82, 2.24) is 5.32 Å². The topological polar surface area (TPSA) is 44.4 Å². The summed E-state index contributed by atoms with van der Waals surface area (Å²) in [6.07, 6.45) is 3.71. The van der Waals surface area contributed by atoms with E-state index in [1.807, 2.05) is 25.1 Å². The third-order valence-corrected chi connectivity index (χ3v) is 5.08. The SMILES string of the molecule is CC(C(=O)Nc1cc(Cl)ccc1N1CCCCC1)C1CNC1.Cl.Cl. The van der Waals surface area contributed by atoms with Gasteiger partial charge in [-0.05, 0) is 56.5 Å². The van der Waals surface area contributed by atoms with Gasteiger partial charge in [-0.1, -0.05) is 18.5 Å². The summed E-state index contributed by atoms with van der Waals surface area (Å²) in [5.74, 6) is 0.555. The van der Waals surface area contributed by atoms with Crippen molar-refractivity contribution in [3.63, 3.8) is 0 Å². The highest BCUT2D eigenvalue weighted by Gasteiger charge is 2.29. The fourth-order valence-electron chi connectivity index (χ4n) is 3.14.